The minimum absolute atomic E-state index is 0.147. The van der Waals surface area contributed by atoms with Crippen LogP contribution < -0.4 is 5.32 Å². The third-order valence-electron chi connectivity index (χ3n) is 2.68. The van der Waals surface area contributed by atoms with Crippen molar-refractivity contribution in [1.82, 2.24) is 20.4 Å². The van der Waals surface area contributed by atoms with Gasteiger partial charge in [0.1, 0.15) is 0 Å². The quantitative estimate of drug-likeness (QED) is 0.725. The van der Waals surface area contributed by atoms with Crippen LogP contribution in [0.15, 0.2) is 12.1 Å². The number of rotatable bonds is 8. The highest BCUT2D eigenvalue weighted by Crippen LogP contribution is 2.00. The Morgan fingerprint density at radius 3 is 2.58 bits per heavy atom. The highest BCUT2D eigenvalue weighted by Gasteiger charge is 2.06. The summed E-state index contributed by atoms with van der Waals surface area (Å²) < 4.78 is 12.5. The first-order chi connectivity index (χ1) is 9.09. The average Bonchev–Trinajstić information content (AvgIpc) is 2.38. The molecule has 0 bridgehead atoms. The molecule has 0 aromatic carbocycles. The predicted molar refractivity (Wildman–Crippen MR) is 71.3 cm³/mol. The highest BCUT2D eigenvalue weighted by atomic mass is 18.2. The van der Waals surface area contributed by atoms with E-state index in [9.17, 15) is 9.18 Å². The molecule has 1 heterocycles. The molecule has 0 unspecified atom stereocenters. The summed E-state index contributed by atoms with van der Waals surface area (Å²) in [5, 5.41) is 9.43. The van der Waals surface area contributed by atoms with Crippen molar-refractivity contribution in [2.75, 3.05) is 27.2 Å². The van der Waals surface area contributed by atoms with Gasteiger partial charge in [-0.3, -0.25) is 4.79 Å². The standard InChI is InChI=1S/C13H21FN4O/c1-18(2)10-6-4-3-5-9-15-13(19)11-7-8-12(14)17-16-11/h7-8H,3-6,9-10H2,1-2H3,(H,15,19)/i14-1. The summed E-state index contributed by atoms with van der Waals surface area (Å²) in [6.07, 6.45) is 4.35. The van der Waals surface area contributed by atoms with Gasteiger partial charge in [0.15, 0.2) is 5.69 Å². The van der Waals surface area contributed by atoms with Crippen LogP contribution in [0.4, 0.5) is 4.39 Å². The molecule has 0 saturated heterocycles. The maximum Gasteiger partial charge on any atom is 0.271 e. The van der Waals surface area contributed by atoms with Gasteiger partial charge in [-0.1, -0.05) is 12.8 Å². The first-order valence-electron chi connectivity index (χ1n) is 6.52. The summed E-state index contributed by atoms with van der Waals surface area (Å²) in [5.74, 6) is -0.988. The molecule has 0 fully saturated rings. The van der Waals surface area contributed by atoms with Crippen molar-refractivity contribution in [3.8, 4) is 0 Å². The molecule has 1 N–H and O–H groups in total. The lowest BCUT2D eigenvalue weighted by Crippen LogP contribution is -2.25. The molecule has 0 aliphatic carbocycles. The molecule has 0 radical (unpaired) electrons. The number of carbonyl (C=O) groups excluding carboxylic acids is 1. The number of unbranched alkanes of at least 4 members (excludes halogenated alkanes) is 3. The number of hydrogen-bond acceptors (Lipinski definition) is 4. The van der Waals surface area contributed by atoms with E-state index in [-0.39, 0.29) is 11.6 Å². The van der Waals surface area contributed by atoms with Gasteiger partial charge in [0, 0.05) is 6.54 Å². The Kier molecular flexibility index (Phi) is 6.95. The van der Waals surface area contributed by atoms with Crippen molar-refractivity contribution < 1.29 is 9.18 Å². The maximum atomic E-state index is 12.5. The average molecular weight is 267 g/mol. The normalized spacial score (nSPS) is 10.7. The van der Waals surface area contributed by atoms with Crippen molar-refractivity contribution in [3.63, 3.8) is 0 Å². The Balaban J connectivity index is 2.09. The molecule has 1 aromatic heterocycles. The Labute approximate surface area is 113 Å². The van der Waals surface area contributed by atoms with Gasteiger partial charge in [-0.2, -0.15) is 4.39 Å². The number of nitrogens with one attached hydrogen (secondary N) is 1. The van der Waals surface area contributed by atoms with Crippen LogP contribution in [0, 0.1) is 5.95 Å². The molecule has 1 rings (SSSR count). The highest BCUT2D eigenvalue weighted by molar-refractivity contribution is 5.91. The van der Waals surface area contributed by atoms with E-state index in [1.165, 1.54) is 12.5 Å². The minimum atomic E-state index is -0.683. The first-order valence-corrected chi connectivity index (χ1v) is 6.52. The summed E-state index contributed by atoms with van der Waals surface area (Å²) in [4.78, 5) is 13.8. The van der Waals surface area contributed by atoms with Crippen molar-refractivity contribution >= 4 is 5.91 Å². The van der Waals surface area contributed by atoms with E-state index in [1.54, 1.807) is 0 Å². The second-order valence-corrected chi connectivity index (χ2v) is 4.71. The van der Waals surface area contributed by atoms with Crippen molar-refractivity contribution in [1.29, 1.82) is 0 Å². The maximum absolute atomic E-state index is 12.5. The molecule has 1 amide bonds. The van der Waals surface area contributed by atoms with Crippen LogP contribution in [-0.4, -0.2) is 48.2 Å². The zero-order valence-corrected chi connectivity index (χ0v) is 11.5. The molecule has 6 heteroatoms. The van der Waals surface area contributed by atoms with Crippen molar-refractivity contribution in [3.05, 3.63) is 23.8 Å². The Hall–Kier alpha value is -1.56. The van der Waals surface area contributed by atoms with Gasteiger partial charge in [0.2, 0.25) is 5.95 Å². The summed E-state index contributed by atoms with van der Waals surface area (Å²) in [6, 6.07) is 2.46. The van der Waals surface area contributed by atoms with Crippen LogP contribution in [0.2, 0.25) is 0 Å². The molecule has 5 nitrogen and oxygen atoms in total. The van der Waals surface area contributed by atoms with E-state index in [2.05, 4.69) is 34.5 Å². The fraction of sp³-hybridized carbons (Fsp3) is 0.615. The van der Waals surface area contributed by atoms with Crippen LogP contribution in [0.25, 0.3) is 0 Å². The molecule has 0 aliphatic rings. The van der Waals surface area contributed by atoms with Crippen LogP contribution in [0.5, 0.6) is 0 Å². The number of aromatic nitrogens is 2. The Morgan fingerprint density at radius 2 is 1.95 bits per heavy atom. The lowest BCUT2D eigenvalue weighted by atomic mass is 10.2. The van der Waals surface area contributed by atoms with Gasteiger partial charge in [-0.15, -0.1) is 10.2 Å². The van der Waals surface area contributed by atoms with Crippen LogP contribution in [0.1, 0.15) is 36.2 Å². The molecule has 0 atom stereocenters. The molecule has 106 valence electrons. The van der Waals surface area contributed by atoms with Gasteiger partial charge >= 0.3 is 0 Å². The van der Waals surface area contributed by atoms with Crippen molar-refractivity contribution in [2.24, 2.45) is 0 Å². The van der Waals surface area contributed by atoms with Crippen LogP contribution in [-0.2, 0) is 0 Å². The number of halogens is 1. The summed E-state index contributed by atoms with van der Waals surface area (Å²) in [6.45, 7) is 1.71. The largest absolute Gasteiger partial charge is 0.351 e. The third kappa shape index (κ3) is 6.81. The smallest absolute Gasteiger partial charge is 0.271 e. The lowest BCUT2D eigenvalue weighted by Gasteiger charge is -2.08. The van der Waals surface area contributed by atoms with Gasteiger partial charge in [0.25, 0.3) is 5.91 Å². The minimum Gasteiger partial charge on any atom is -0.351 e. The molecule has 0 aliphatic heterocycles. The number of hydrogen-bond donors (Lipinski definition) is 1. The summed E-state index contributed by atoms with van der Waals surface area (Å²) in [5.41, 5.74) is 0.147. The van der Waals surface area contributed by atoms with E-state index >= 15 is 0 Å². The Bertz CT molecular complexity index is 381. The molecule has 19 heavy (non-hydrogen) atoms. The SMILES string of the molecule is CN(C)CCCCCCNC(=O)c1ccc([18F])nn1. The molecule has 0 spiro atoms. The fourth-order valence-corrected chi connectivity index (χ4v) is 1.64. The first kappa shape index (κ1) is 15.5. The van der Waals surface area contributed by atoms with Gasteiger partial charge in [0.05, 0.1) is 0 Å². The van der Waals surface area contributed by atoms with Crippen LogP contribution in [0.3, 0.4) is 0 Å². The summed E-state index contributed by atoms with van der Waals surface area (Å²) in [7, 11) is 4.12. The fourth-order valence-electron chi connectivity index (χ4n) is 1.64. The van der Waals surface area contributed by atoms with Crippen molar-refractivity contribution in [2.45, 2.75) is 25.7 Å². The Morgan fingerprint density at radius 1 is 1.21 bits per heavy atom. The summed E-state index contributed by atoms with van der Waals surface area (Å²) >= 11 is 0. The third-order valence-corrected chi connectivity index (χ3v) is 2.68. The van der Waals surface area contributed by atoms with E-state index in [0.29, 0.717) is 6.54 Å². The molecular formula is C13H21FN4O. The zero-order valence-electron chi connectivity index (χ0n) is 11.5. The van der Waals surface area contributed by atoms with Gasteiger partial charge in [-0.25, -0.2) is 0 Å². The second kappa shape index (κ2) is 8.53. The molecule has 0 saturated carbocycles. The number of nitrogens with zero attached hydrogens (tertiary/aromatic N) is 3. The van der Waals surface area contributed by atoms with Gasteiger partial charge < -0.3 is 10.2 Å². The van der Waals surface area contributed by atoms with E-state index in [0.717, 1.165) is 31.9 Å². The van der Waals surface area contributed by atoms with E-state index in [1.807, 2.05) is 0 Å². The van der Waals surface area contributed by atoms with Crippen LogP contribution >= 0.6 is 0 Å². The van der Waals surface area contributed by atoms with Gasteiger partial charge in [-0.05, 0) is 45.6 Å². The number of carbonyl (C=O) groups is 1. The van der Waals surface area contributed by atoms with E-state index < -0.39 is 5.95 Å². The predicted octanol–water partition coefficient (Wildman–Crippen LogP) is 1.47. The molecular weight excluding hydrogens is 246 g/mol. The zero-order chi connectivity index (χ0) is 14.1. The lowest BCUT2D eigenvalue weighted by molar-refractivity contribution is 0.0946. The second-order valence-electron chi connectivity index (χ2n) is 4.71. The monoisotopic (exact) mass is 267 g/mol. The topological polar surface area (TPSA) is 58.1 Å². The van der Waals surface area contributed by atoms with E-state index in [4.69, 9.17) is 0 Å². The molecule has 1 aromatic rings. The number of amides is 1.